The van der Waals surface area contributed by atoms with E-state index in [9.17, 15) is 0 Å². The molecule has 0 aliphatic heterocycles. The highest BCUT2D eigenvalue weighted by molar-refractivity contribution is 5.38. The number of allylic oxidation sites excluding steroid dienone is 3. The average molecular weight is 263 g/mol. The van der Waals surface area contributed by atoms with Crippen molar-refractivity contribution in [2.45, 2.75) is 60.3 Å². The minimum atomic E-state index is 0.306. The summed E-state index contributed by atoms with van der Waals surface area (Å²) in [5.41, 5.74) is 4.96. The second-order valence-corrected chi connectivity index (χ2v) is 6.90. The Morgan fingerprint density at radius 2 is 1.79 bits per heavy atom. The van der Waals surface area contributed by atoms with E-state index in [1.165, 1.54) is 31.3 Å². The second-order valence-electron chi connectivity index (χ2n) is 6.90. The Labute approximate surface area is 120 Å². The standard InChI is InChI=1S/C18H33N/c1-8-9-10-11-17-15(3)12-14(2)16(4)18(17,5)13-19(6)7/h12,17H,8-11,13H2,1-7H3/t17-,18-/m1/s1. The molecule has 1 aliphatic rings. The molecule has 0 saturated heterocycles. The van der Waals surface area contributed by atoms with Crippen molar-refractivity contribution in [3.05, 3.63) is 22.8 Å². The molecule has 1 aliphatic carbocycles. The Kier molecular flexibility index (Phi) is 5.85. The molecule has 0 aromatic heterocycles. The van der Waals surface area contributed by atoms with E-state index in [4.69, 9.17) is 0 Å². The quantitative estimate of drug-likeness (QED) is 0.606. The largest absolute Gasteiger partial charge is 0.309 e. The summed E-state index contributed by atoms with van der Waals surface area (Å²) in [5, 5.41) is 0. The molecule has 2 atom stereocenters. The van der Waals surface area contributed by atoms with Crippen LogP contribution >= 0.6 is 0 Å². The van der Waals surface area contributed by atoms with E-state index in [0.717, 1.165) is 6.54 Å². The highest BCUT2D eigenvalue weighted by Crippen LogP contribution is 2.47. The summed E-state index contributed by atoms with van der Waals surface area (Å²) in [6.07, 6.45) is 7.80. The fourth-order valence-corrected chi connectivity index (χ4v) is 3.80. The topological polar surface area (TPSA) is 3.24 Å². The van der Waals surface area contributed by atoms with Crippen LogP contribution in [0.4, 0.5) is 0 Å². The van der Waals surface area contributed by atoms with Gasteiger partial charge in [-0.25, -0.2) is 0 Å². The first-order valence-corrected chi connectivity index (χ1v) is 7.83. The van der Waals surface area contributed by atoms with Crippen LogP contribution in [0.5, 0.6) is 0 Å². The van der Waals surface area contributed by atoms with Crippen LogP contribution in [-0.2, 0) is 0 Å². The third-order valence-corrected chi connectivity index (χ3v) is 4.95. The fourth-order valence-electron chi connectivity index (χ4n) is 3.80. The Morgan fingerprint density at radius 3 is 2.32 bits per heavy atom. The molecule has 0 spiro atoms. The summed E-state index contributed by atoms with van der Waals surface area (Å²) in [7, 11) is 4.40. The number of rotatable bonds is 6. The molecule has 0 fully saturated rings. The molecule has 0 aromatic rings. The summed E-state index contributed by atoms with van der Waals surface area (Å²) < 4.78 is 0. The van der Waals surface area contributed by atoms with Crippen molar-refractivity contribution < 1.29 is 0 Å². The number of hydrogen-bond donors (Lipinski definition) is 0. The van der Waals surface area contributed by atoms with Crippen molar-refractivity contribution in [1.82, 2.24) is 4.90 Å². The van der Waals surface area contributed by atoms with E-state index >= 15 is 0 Å². The maximum absolute atomic E-state index is 2.47. The van der Waals surface area contributed by atoms with Crippen LogP contribution in [0.2, 0.25) is 0 Å². The van der Waals surface area contributed by atoms with Gasteiger partial charge in [-0.15, -0.1) is 0 Å². The molecule has 0 bridgehead atoms. The van der Waals surface area contributed by atoms with Gasteiger partial charge in [-0.05, 0) is 47.2 Å². The smallest absolute Gasteiger partial charge is 0.00790 e. The number of hydrogen-bond acceptors (Lipinski definition) is 1. The predicted molar refractivity (Wildman–Crippen MR) is 86.4 cm³/mol. The Bertz CT molecular complexity index is 362. The third-order valence-electron chi connectivity index (χ3n) is 4.95. The molecule has 1 rings (SSSR count). The van der Waals surface area contributed by atoms with Crippen LogP contribution in [-0.4, -0.2) is 25.5 Å². The molecular formula is C18H33N. The monoisotopic (exact) mass is 263 g/mol. The van der Waals surface area contributed by atoms with Gasteiger partial charge in [0.15, 0.2) is 0 Å². The summed E-state index contributed by atoms with van der Waals surface area (Å²) in [4.78, 5) is 2.35. The van der Waals surface area contributed by atoms with Gasteiger partial charge in [0.05, 0.1) is 0 Å². The van der Waals surface area contributed by atoms with Crippen molar-refractivity contribution >= 4 is 0 Å². The Balaban J connectivity index is 3.00. The van der Waals surface area contributed by atoms with Crippen molar-refractivity contribution in [2.24, 2.45) is 11.3 Å². The van der Waals surface area contributed by atoms with E-state index in [1.54, 1.807) is 11.1 Å². The molecule has 0 heterocycles. The lowest BCUT2D eigenvalue weighted by Crippen LogP contribution is -2.41. The molecule has 0 saturated carbocycles. The maximum Gasteiger partial charge on any atom is 0.00790 e. The highest BCUT2D eigenvalue weighted by atomic mass is 15.1. The zero-order valence-electron chi connectivity index (χ0n) is 14.1. The van der Waals surface area contributed by atoms with Crippen LogP contribution in [0.25, 0.3) is 0 Å². The third kappa shape index (κ3) is 3.72. The van der Waals surface area contributed by atoms with Crippen molar-refractivity contribution in [3.63, 3.8) is 0 Å². The Hall–Kier alpha value is -0.560. The molecule has 0 aromatic carbocycles. The fraction of sp³-hybridized carbons (Fsp3) is 0.778. The zero-order chi connectivity index (χ0) is 14.6. The van der Waals surface area contributed by atoms with Gasteiger partial charge in [-0.2, -0.15) is 0 Å². The van der Waals surface area contributed by atoms with E-state index in [-0.39, 0.29) is 0 Å². The minimum absolute atomic E-state index is 0.306. The van der Waals surface area contributed by atoms with Gasteiger partial charge in [0, 0.05) is 12.0 Å². The molecule has 1 nitrogen and oxygen atoms in total. The molecule has 0 N–H and O–H groups in total. The first-order valence-electron chi connectivity index (χ1n) is 7.83. The molecule has 0 amide bonds. The average Bonchev–Trinajstić information content (AvgIpc) is 2.30. The summed E-state index contributed by atoms with van der Waals surface area (Å²) in [5.74, 6) is 0.713. The Morgan fingerprint density at radius 1 is 1.16 bits per heavy atom. The van der Waals surface area contributed by atoms with E-state index in [1.807, 2.05) is 0 Å². The highest BCUT2D eigenvalue weighted by Gasteiger charge is 2.39. The van der Waals surface area contributed by atoms with Crippen molar-refractivity contribution in [1.29, 1.82) is 0 Å². The second kappa shape index (κ2) is 6.74. The summed E-state index contributed by atoms with van der Waals surface area (Å²) in [6.45, 7) is 12.9. The van der Waals surface area contributed by atoms with Crippen LogP contribution in [0.3, 0.4) is 0 Å². The SMILES string of the molecule is CCCCC[C@@H]1C(C)=CC(C)=C(C)[C@@]1(C)CN(C)C. The van der Waals surface area contributed by atoms with Gasteiger partial charge in [-0.3, -0.25) is 0 Å². The van der Waals surface area contributed by atoms with Crippen molar-refractivity contribution in [3.8, 4) is 0 Å². The van der Waals surface area contributed by atoms with Crippen LogP contribution < -0.4 is 0 Å². The molecule has 0 unspecified atom stereocenters. The first kappa shape index (κ1) is 16.5. The van der Waals surface area contributed by atoms with Gasteiger partial charge in [0.25, 0.3) is 0 Å². The molecule has 1 heteroatoms. The summed E-state index contributed by atoms with van der Waals surface area (Å²) >= 11 is 0. The molecular weight excluding hydrogens is 230 g/mol. The molecule has 19 heavy (non-hydrogen) atoms. The van der Waals surface area contributed by atoms with Gasteiger partial charge < -0.3 is 4.90 Å². The van der Waals surface area contributed by atoms with E-state index < -0.39 is 0 Å². The van der Waals surface area contributed by atoms with E-state index in [2.05, 4.69) is 59.7 Å². The summed E-state index contributed by atoms with van der Waals surface area (Å²) in [6, 6.07) is 0. The minimum Gasteiger partial charge on any atom is -0.309 e. The van der Waals surface area contributed by atoms with Gasteiger partial charge in [-0.1, -0.05) is 55.9 Å². The lowest BCUT2D eigenvalue weighted by molar-refractivity contribution is 0.178. The van der Waals surface area contributed by atoms with Crippen LogP contribution in [0, 0.1) is 11.3 Å². The maximum atomic E-state index is 2.47. The predicted octanol–water partition coefficient (Wildman–Crippen LogP) is 5.05. The zero-order valence-corrected chi connectivity index (χ0v) is 14.1. The van der Waals surface area contributed by atoms with Crippen molar-refractivity contribution in [2.75, 3.05) is 20.6 Å². The van der Waals surface area contributed by atoms with Gasteiger partial charge in [0.2, 0.25) is 0 Å². The molecule has 0 radical (unpaired) electrons. The number of nitrogens with zero attached hydrogens (tertiary/aromatic N) is 1. The van der Waals surface area contributed by atoms with Gasteiger partial charge >= 0.3 is 0 Å². The van der Waals surface area contributed by atoms with E-state index in [0.29, 0.717) is 11.3 Å². The van der Waals surface area contributed by atoms with Crippen LogP contribution in [0.15, 0.2) is 22.8 Å². The first-order chi connectivity index (χ1) is 8.82. The lowest BCUT2D eigenvalue weighted by atomic mass is 9.63. The number of unbranched alkanes of at least 4 members (excludes halogenated alkanes) is 2. The van der Waals surface area contributed by atoms with Crippen LogP contribution in [0.1, 0.15) is 60.3 Å². The van der Waals surface area contributed by atoms with Gasteiger partial charge in [0.1, 0.15) is 0 Å². The molecule has 110 valence electrons. The lowest BCUT2D eigenvalue weighted by Gasteiger charge is -2.45. The normalized spacial score (nSPS) is 28.0.